The zero-order chi connectivity index (χ0) is 6.85. The third-order valence-electron chi connectivity index (χ3n) is 1.72. The van der Waals surface area contributed by atoms with Gasteiger partial charge in [-0.15, -0.1) is 0 Å². The zero-order valence-electron chi connectivity index (χ0n) is 5.57. The molecule has 0 aromatic heterocycles. The van der Waals surface area contributed by atoms with Crippen LogP contribution in [0.1, 0.15) is 26.2 Å². The lowest BCUT2D eigenvalue weighted by atomic mass is 10.2. The normalized spacial score (nSPS) is 19.4. The van der Waals surface area contributed by atoms with E-state index in [-0.39, 0.29) is 5.76 Å². The first-order valence-electron chi connectivity index (χ1n) is 3.24. The quantitative estimate of drug-likeness (QED) is 0.553. The van der Waals surface area contributed by atoms with E-state index in [0.717, 1.165) is 24.8 Å². The molecule has 1 rings (SSSR count). The van der Waals surface area contributed by atoms with Crippen LogP contribution in [0.25, 0.3) is 0 Å². The Kier molecular flexibility index (Phi) is 1.56. The van der Waals surface area contributed by atoms with Crippen molar-refractivity contribution >= 4 is 5.71 Å². The van der Waals surface area contributed by atoms with E-state index in [1.807, 2.05) is 6.92 Å². The third-order valence-corrected chi connectivity index (χ3v) is 1.72. The second-order valence-corrected chi connectivity index (χ2v) is 2.28. The van der Waals surface area contributed by atoms with Crippen molar-refractivity contribution in [1.82, 2.24) is 0 Å². The minimum Gasteiger partial charge on any atom is -0.506 e. The van der Waals surface area contributed by atoms with Crippen LogP contribution in [-0.2, 0) is 0 Å². The summed E-state index contributed by atoms with van der Waals surface area (Å²) < 4.78 is 0. The highest BCUT2D eigenvalue weighted by Crippen LogP contribution is 2.22. The average Bonchev–Trinajstić information content (AvgIpc) is 2.15. The molecule has 0 bridgehead atoms. The monoisotopic (exact) mass is 125 g/mol. The Labute approximate surface area is 54.7 Å². The van der Waals surface area contributed by atoms with Gasteiger partial charge in [0.15, 0.2) is 0 Å². The van der Waals surface area contributed by atoms with Crippen LogP contribution in [0.2, 0.25) is 0 Å². The molecule has 0 aliphatic heterocycles. The Hall–Kier alpha value is -0.790. The summed E-state index contributed by atoms with van der Waals surface area (Å²) in [5.41, 5.74) is 1.45. The van der Waals surface area contributed by atoms with Gasteiger partial charge in [-0.25, -0.2) is 0 Å². The molecule has 0 radical (unpaired) electrons. The lowest BCUT2D eigenvalue weighted by Crippen LogP contribution is -1.92. The number of allylic oxidation sites excluding steroid dienone is 2. The molecule has 2 nitrogen and oxygen atoms in total. The Morgan fingerprint density at radius 2 is 2.22 bits per heavy atom. The van der Waals surface area contributed by atoms with Crippen LogP contribution in [0.4, 0.5) is 0 Å². The summed E-state index contributed by atoms with van der Waals surface area (Å²) in [5, 5.41) is 16.3. The molecule has 0 spiro atoms. The molecule has 0 saturated carbocycles. The second kappa shape index (κ2) is 2.21. The van der Waals surface area contributed by atoms with Gasteiger partial charge in [-0.05, 0) is 24.8 Å². The molecule has 0 atom stereocenters. The molecule has 0 amide bonds. The fourth-order valence-corrected chi connectivity index (χ4v) is 1.07. The number of aliphatic hydroxyl groups excluding tert-OH is 1. The number of hydrogen-bond acceptors (Lipinski definition) is 2. The fourth-order valence-electron chi connectivity index (χ4n) is 1.07. The van der Waals surface area contributed by atoms with E-state index in [9.17, 15) is 0 Å². The first kappa shape index (κ1) is 6.33. The van der Waals surface area contributed by atoms with Gasteiger partial charge >= 0.3 is 0 Å². The topological polar surface area (TPSA) is 44.1 Å². The van der Waals surface area contributed by atoms with Crippen LogP contribution in [0.3, 0.4) is 0 Å². The molecule has 0 unspecified atom stereocenters. The van der Waals surface area contributed by atoms with Crippen molar-refractivity contribution in [1.29, 1.82) is 5.41 Å². The summed E-state index contributed by atoms with van der Waals surface area (Å²) in [6.45, 7) is 2.00. The maximum absolute atomic E-state index is 9.11. The van der Waals surface area contributed by atoms with E-state index in [0.29, 0.717) is 5.71 Å². The predicted molar refractivity (Wildman–Crippen MR) is 36.9 cm³/mol. The lowest BCUT2D eigenvalue weighted by molar-refractivity contribution is 0.436. The highest BCUT2D eigenvalue weighted by atomic mass is 16.3. The van der Waals surface area contributed by atoms with Crippen molar-refractivity contribution in [2.75, 3.05) is 0 Å². The van der Waals surface area contributed by atoms with Crippen LogP contribution >= 0.6 is 0 Å². The third kappa shape index (κ3) is 0.969. The van der Waals surface area contributed by atoms with Gasteiger partial charge in [0.05, 0.1) is 5.71 Å². The molecular formula is C7H11NO. The van der Waals surface area contributed by atoms with Gasteiger partial charge in [-0.2, -0.15) is 0 Å². The summed E-state index contributed by atoms with van der Waals surface area (Å²) >= 11 is 0. The smallest absolute Gasteiger partial charge is 0.135 e. The van der Waals surface area contributed by atoms with E-state index in [1.54, 1.807) is 0 Å². The zero-order valence-corrected chi connectivity index (χ0v) is 5.57. The van der Waals surface area contributed by atoms with Gasteiger partial charge < -0.3 is 10.5 Å². The highest BCUT2D eigenvalue weighted by molar-refractivity contribution is 5.98. The maximum atomic E-state index is 9.11. The average molecular weight is 125 g/mol. The second-order valence-electron chi connectivity index (χ2n) is 2.28. The van der Waals surface area contributed by atoms with Gasteiger partial charge in [0.2, 0.25) is 0 Å². The van der Waals surface area contributed by atoms with E-state index in [4.69, 9.17) is 10.5 Å². The van der Waals surface area contributed by atoms with Gasteiger partial charge in [0.1, 0.15) is 5.76 Å². The molecule has 0 aromatic carbocycles. The van der Waals surface area contributed by atoms with Gasteiger partial charge in [-0.3, -0.25) is 0 Å². The molecule has 2 heteroatoms. The summed E-state index contributed by atoms with van der Waals surface area (Å²) in [7, 11) is 0. The molecule has 0 heterocycles. The summed E-state index contributed by atoms with van der Waals surface area (Å²) in [6.07, 6.45) is 2.50. The minimum absolute atomic E-state index is 0.248. The fraction of sp³-hybridized carbons (Fsp3) is 0.571. The number of nitrogens with one attached hydrogen (secondary N) is 1. The predicted octanol–water partition coefficient (Wildman–Crippen LogP) is 2.02. The maximum Gasteiger partial charge on any atom is 0.135 e. The Balaban J connectivity index is 2.79. The minimum atomic E-state index is 0.248. The summed E-state index contributed by atoms with van der Waals surface area (Å²) in [5.74, 6) is 0.248. The standard InChI is InChI=1S/C7H11NO/c1-2-5-3-4-6(8)7(5)9/h8-9H,2-4H2,1H3. The Morgan fingerprint density at radius 3 is 2.44 bits per heavy atom. The molecule has 0 fully saturated rings. The van der Waals surface area contributed by atoms with Crippen LogP contribution in [0.15, 0.2) is 11.3 Å². The van der Waals surface area contributed by atoms with Crippen molar-refractivity contribution in [3.05, 3.63) is 11.3 Å². The van der Waals surface area contributed by atoms with E-state index < -0.39 is 0 Å². The number of rotatable bonds is 1. The molecule has 9 heavy (non-hydrogen) atoms. The molecule has 0 aromatic rings. The first-order valence-corrected chi connectivity index (χ1v) is 3.24. The van der Waals surface area contributed by atoms with Crippen molar-refractivity contribution in [3.8, 4) is 0 Å². The van der Waals surface area contributed by atoms with Crippen molar-refractivity contribution < 1.29 is 5.11 Å². The van der Waals surface area contributed by atoms with Crippen molar-refractivity contribution in [2.24, 2.45) is 0 Å². The SMILES string of the molecule is CCC1=C(O)C(=N)CC1. The summed E-state index contributed by atoms with van der Waals surface area (Å²) in [6, 6.07) is 0. The van der Waals surface area contributed by atoms with E-state index in [1.165, 1.54) is 0 Å². The van der Waals surface area contributed by atoms with E-state index >= 15 is 0 Å². The van der Waals surface area contributed by atoms with Crippen LogP contribution < -0.4 is 0 Å². The molecule has 1 aliphatic rings. The van der Waals surface area contributed by atoms with Gasteiger partial charge in [-0.1, -0.05) is 6.92 Å². The van der Waals surface area contributed by atoms with Crippen LogP contribution in [-0.4, -0.2) is 10.8 Å². The molecule has 0 saturated heterocycles. The largest absolute Gasteiger partial charge is 0.506 e. The van der Waals surface area contributed by atoms with Gasteiger partial charge in [0.25, 0.3) is 0 Å². The summed E-state index contributed by atoms with van der Waals surface area (Å²) in [4.78, 5) is 0. The van der Waals surface area contributed by atoms with Crippen LogP contribution in [0.5, 0.6) is 0 Å². The van der Waals surface area contributed by atoms with Crippen molar-refractivity contribution in [2.45, 2.75) is 26.2 Å². The first-order chi connectivity index (χ1) is 4.25. The van der Waals surface area contributed by atoms with Crippen molar-refractivity contribution in [3.63, 3.8) is 0 Å². The highest BCUT2D eigenvalue weighted by Gasteiger charge is 2.16. The molecule has 2 N–H and O–H groups in total. The molecular weight excluding hydrogens is 114 g/mol. The Bertz CT molecular complexity index is 170. The number of aliphatic hydroxyl groups is 1. The number of hydrogen-bond donors (Lipinski definition) is 2. The van der Waals surface area contributed by atoms with E-state index in [2.05, 4.69) is 0 Å². The molecule has 1 aliphatic carbocycles. The molecule has 50 valence electrons. The lowest BCUT2D eigenvalue weighted by Gasteiger charge is -1.93. The van der Waals surface area contributed by atoms with Gasteiger partial charge in [0, 0.05) is 0 Å². The Morgan fingerprint density at radius 1 is 1.56 bits per heavy atom. The van der Waals surface area contributed by atoms with Crippen LogP contribution in [0, 0.1) is 5.41 Å².